The number of hydrogen-bond acceptors (Lipinski definition) is 9. The van der Waals surface area contributed by atoms with Crippen molar-refractivity contribution in [3.63, 3.8) is 0 Å². The largest absolute Gasteiger partial charge is 0.492 e. The molecule has 2 aliphatic carbocycles. The van der Waals surface area contributed by atoms with Gasteiger partial charge in [-0.2, -0.15) is 10.2 Å². The molecule has 4 N–H and O–H groups in total. The number of ketones is 2. The monoisotopic (exact) mass is 564 g/mol. The number of aryl methyl sites for hydroxylation is 2. The number of benzene rings is 1. The van der Waals surface area contributed by atoms with E-state index in [-0.39, 0.29) is 34.4 Å². The van der Waals surface area contributed by atoms with E-state index in [1.54, 1.807) is 12.1 Å². The molecule has 0 saturated carbocycles. The lowest BCUT2D eigenvalue weighted by atomic mass is 9.94. The van der Waals surface area contributed by atoms with Crippen LogP contribution in [0.15, 0.2) is 24.3 Å². The zero-order chi connectivity index (χ0) is 28.8. The van der Waals surface area contributed by atoms with E-state index in [1.165, 1.54) is 0 Å². The first-order valence-electron chi connectivity index (χ1n) is 13.7. The number of H-pyrrole nitrogens is 2. The maximum absolute atomic E-state index is 12.5. The zero-order valence-electron chi connectivity index (χ0n) is 22.5. The molecule has 0 unspecified atom stereocenters. The Balaban J connectivity index is 0.000000216. The fourth-order valence-corrected chi connectivity index (χ4v) is 5.08. The molecule has 3 heterocycles. The Morgan fingerprint density at radius 2 is 1.49 bits per heavy atom. The molecule has 0 spiro atoms. The van der Waals surface area contributed by atoms with Gasteiger partial charge in [-0.1, -0.05) is 0 Å². The van der Waals surface area contributed by atoms with Gasteiger partial charge < -0.3 is 19.9 Å². The van der Waals surface area contributed by atoms with Crippen molar-refractivity contribution in [1.29, 1.82) is 0 Å². The summed E-state index contributed by atoms with van der Waals surface area (Å²) in [5.41, 5.74) is 2.79. The highest BCUT2D eigenvalue weighted by atomic mass is 16.5. The van der Waals surface area contributed by atoms with E-state index in [0.29, 0.717) is 42.8 Å². The standard InChI is InChI=1S/C20H24N4O4.C8H8N2O3/c25-17-3-1-2-16-18(17)19(23-22-16)20(26)21-14-4-6-15(7-5-14)28-13-10-24-8-11-27-12-9-24;11-5-3-1-2-4-6(5)7(8(12)13)10-9-4/h4-7H,1-3,8-13H2,(H,21,26)(H,22,23);1-3H2,(H,9,10)(H,12,13). The average molecular weight is 565 g/mol. The Bertz CT molecular complexity index is 1420. The van der Waals surface area contributed by atoms with Gasteiger partial charge in [0, 0.05) is 49.6 Å². The number of aromatic nitrogens is 4. The van der Waals surface area contributed by atoms with Crippen LogP contribution in [-0.4, -0.2) is 93.3 Å². The second kappa shape index (κ2) is 12.9. The number of carbonyl (C=O) groups excluding carboxylic acids is 3. The van der Waals surface area contributed by atoms with Crippen LogP contribution in [0.2, 0.25) is 0 Å². The lowest BCUT2D eigenvalue weighted by Crippen LogP contribution is -2.38. The van der Waals surface area contributed by atoms with Crippen LogP contribution in [0.5, 0.6) is 5.75 Å². The second-order valence-electron chi connectivity index (χ2n) is 9.99. The first-order valence-corrected chi connectivity index (χ1v) is 13.7. The number of anilines is 1. The minimum atomic E-state index is -1.15. The van der Waals surface area contributed by atoms with Gasteiger partial charge in [-0.3, -0.25) is 29.5 Å². The number of carbonyl (C=O) groups is 4. The van der Waals surface area contributed by atoms with E-state index in [0.717, 1.165) is 63.6 Å². The third kappa shape index (κ3) is 6.69. The second-order valence-corrected chi connectivity index (χ2v) is 9.99. The highest BCUT2D eigenvalue weighted by Crippen LogP contribution is 2.24. The van der Waals surface area contributed by atoms with Gasteiger partial charge in [0.15, 0.2) is 23.0 Å². The first-order chi connectivity index (χ1) is 19.9. The van der Waals surface area contributed by atoms with E-state index in [4.69, 9.17) is 14.6 Å². The molecular formula is C28H32N6O7. The number of ether oxygens (including phenoxy) is 2. The van der Waals surface area contributed by atoms with Crippen LogP contribution < -0.4 is 10.1 Å². The molecule has 0 radical (unpaired) electrons. The Morgan fingerprint density at radius 3 is 2.10 bits per heavy atom. The third-order valence-corrected chi connectivity index (χ3v) is 7.21. The minimum Gasteiger partial charge on any atom is -0.492 e. The van der Waals surface area contributed by atoms with E-state index >= 15 is 0 Å². The molecule has 0 atom stereocenters. The molecule has 1 aromatic carbocycles. The summed E-state index contributed by atoms with van der Waals surface area (Å²) in [5.74, 6) is -0.920. The summed E-state index contributed by atoms with van der Waals surface area (Å²) in [4.78, 5) is 49.0. The number of morpholine rings is 1. The molecule has 6 rings (SSSR count). The Hall–Kier alpha value is -4.36. The van der Waals surface area contributed by atoms with Gasteiger partial charge in [-0.25, -0.2) is 4.79 Å². The van der Waals surface area contributed by atoms with Crippen molar-refractivity contribution in [2.24, 2.45) is 0 Å². The summed E-state index contributed by atoms with van der Waals surface area (Å²) >= 11 is 0. The number of Topliss-reactive ketones (excluding diaryl/α,β-unsaturated/α-hetero) is 2. The lowest BCUT2D eigenvalue weighted by Gasteiger charge is -2.26. The maximum Gasteiger partial charge on any atom is 0.357 e. The van der Waals surface area contributed by atoms with Gasteiger partial charge in [-0.15, -0.1) is 0 Å². The van der Waals surface area contributed by atoms with Crippen LogP contribution >= 0.6 is 0 Å². The molecular weight excluding hydrogens is 532 g/mol. The van der Waals surface area contributed by atoms with Crippen molar-refractivity contribution in [1.82, 2.24) is 25.3 Å². The third-order valence-electron chi connectivity index (χ3n) is 7.21. The van der Waals surface area contributed by atoms with Crippen molar-refractivity contribution in [3.8, 4) is 5.75 Å². The van der Waals surface area contributed by atoms with Crippen molar-refractivity contribution < 1.29 is 33.8 Å². The fourth-order valence-electron chi connectivity index (χ4n) is 5.08. The highest BCUT2D eigenvalue weighted by molar-refractivity contribution is 6.12. The van der Waals surface area contributed by atoms with E-state index in [9.17, 15) is 19.2 Å². The van der Waals surface area contributed by atoms with Gasteiger partial charge in [0.05, 0.1) is 24.3 Å². The van der Waals surface area contributed by atoms with Crippen LogP contribution in [0.1, 0.15) is 78.8 Å². The van der Waals surface area contributed by atoms with Gasteiger partial charge in [0.1, 0.15) is 12.4 Å². The molecule has 3 aliphatic rings. The highest BCUT2D eigenvalue weighted by Gasteiger charge is 2.28. The van der Waals surface area contributed by atoms with Crippen LogP contribution in [0, 0.1) is 0 Å². The van der Waals surface area contributed by atoms with Crippen molar-refractivity contribution in [2.75, 3.05) is 44.8 Å². The molecule has 13 heteroatoms. The smallest absolute Gasteiger partial charge is 0.357 e. The number of nitrogens with zero attached hydrogens (tertiary/aromatic N) is 3. The predicted molar refractivity (Wildman–Crippen MR) is 146 cm³/mol. The average Bonchev–Trinajstić information content (AvgIpc) is 3.62. The topological polar surface area (TPSA) is 180 Å². The van der Waals surface area contributed by atoms with Crippen LogP contribution in [0.3, 0.4) is 0 Å². The Kier molecular flexibility index (Phi) is 8.85. The summed E-state index contributed by atoms with van der Waals surface area (Å²) in [6.45, 7) is 4.90. The summed E-state index contributed by atoms with van der Waals surface area (Å²) in [7, 11) is 0. The number of carboxylic acid groups (broad SMARTS) is 1. The van der Waals surface area contributed by atoms with E-state index in [1.807, 2.05) is 12.1 Å². The van der Waals surface area contributed by atoms with Crippen molar-refractivity contribution in [2.45, 2.75) is 38.5 Å². The summed E-state index contributed by atoms with van der Waals surface area (Å²) in [6.07, 6.45) is 3.91. The molecule has 1 amide bonds. The normalized spacial score (nSPS) is 16.7. The fraction of sp³-hybridized carbons (Fsp3) is 0.429. The Labute approximate surface area is 235 Å². The van der Waals surface area contributed by atoms with Gasteiger partial charge >= 0.3 is 5.97 Å². The minimum absolute atomic E-state index is 0.0239. The van der Waals surface area contributed by atoms with Gasteiger partial charge in [-0.05, 0) is 49.9 Å². The predicted octanol–water partition coefficient (Wildman–Crippen LogP) is 2.52. The summed E-state index contributed by atoms with van der Waals surface area (Å²) in [5, 5.41) is 24.6. The number of hydrogen-bond donors (Lipinski definition) is 4. The molecule has 41 heavy (non-hydrogen) atoms. The van der Waals surface area contributed by atoms with Crippen LogP contribution in [0.25, 0.3) is 0 Å². The van der Waals surface area contributed by atoms with Crippen molar-refractivity contribution in [3.05, 3.63) is 58.2 Å². The van der Waals surface area contributed by atoms with Crippen molar-refractivity contribution >= 4 is 29.1 Å². The number of rotatable bonds is 7. The SMILES string of the molecule is O=C(Nc1ccc(OCCN2CCOCC2)cc1)c1n[nH]c2c1C(=O)CCC2.O=C(O)c1n[nH]c2c1C(=O)CCC2. The quantitative estimate of drug-likeness (QED) is 0.333. The van der Waals surface area contributed by atoms with Gasteiger partial charge in [0.2, 0.25) is 0 Å². The molecule has 1 fully saturated rings. The number of amides is 1. The van der Waals surface area contributed by atoms with Gasteiger partial charge in [0.25, 0.3) is 5.91 Å². The summed E-state index contributed by atoms with van der Waals surface area (Å²) in [6, 6.07) is 7.20. The molecule has 1 aliphatic heterocycles. The van der Waals surface area contributed by atoms with E-state index < -0.39 is 5.97 Å². The number of nitrogens with one attached hydrogen (secondary N) is 3. The molecule has 1 saturated heterocycles. The molecule has 216 valence electrons. The lowest BCUT2D eigenvalue weighted by molar-refractivity contribution is 0.0322. The molecule has 3 aromatic rings. The molecule has 2 aromatic heterocycles. The number of aromatic amines is 2. The van der Waals surface area contributed by atoms with E-state index in [2.05, 4.69) is 30.6 Å². The maximum atomic E-state index is 12.5. The van der Waals surface area contributed by atoms with Crippen LogP contribution in [-0.2, 0) is 17.6 Å². The first kappa shape index (κ1) is 28.2. The molecule has 13 nitrogen and oxygen atoms in total. The van der Waals surface area contributed by atoms with Crippen LogP contribution in [0.4, 0.5) is 5.69 Å². The number of aromatic carboxylic acids is 1. The summed E-state index contributed by atoms with van der Waals surface area (Å²) < 4.78 is 11.1. The Morgan fingerprint density at radius 1 is 0.902 bits per heavy atom. The number of carboxylic acids is 1. The molecule has 0 bridgehead atoms. The number of fused-ring (bicyclic) bond motifs is 2. The zero-order valence-corrected chi connectivity index (χ0v) is 22.5.